The predicted octanol–water partition coefficient (Wildman–Crippen LogP) is -0.243. The second kappa shape index (κ2) is 30.6. The van der Waals surface area contributed by atoms with Crippen LogP contribution in [0.2, 0.25) is 0 Å². The number of hydrogen-bond acceptors (Lipinski definition) is 2. The molecule has 0 aromatic heterocycles. The van der Waals surface area contributed by atoms with Crippen LogP contribution in [0.15, 0.2) is 0 Å². The summed E-state index contributed by atoms with van der Waals surface area (Å²) in [7, 11) is 0. The van der Waals surface area contributed by atoms with Gasteiger partial charge in [0.1, 0.15) is 0 Å². The molecule has 0 bridgehead atoms. The fourth-order valence-corrected chi connectivity index (χ4v) is 0. The van der Waals surface area contributed by atoms with E-state index in [1.807, 2.05) is 0 Å². The quantitative estimate of drug-likeness (QED) is 0.527. The Hall–Kier alpha value is 1.17. The van der Waals surface area contributed by atoms with Gasteiger partial charge in [-0.3, -0.25) is 0 Å². The van der Waals surface area contributed by atoms with Crippen molar-refractivity contribution >= 4 is 0 Å². The Bertz CT molecular complexity index is 8.00. The molecule has 0 heterocycles. The summed E-state index contributed by atoms with van der Waals surface area (Å²) in [4.78, 5) is 0. The summed E-state index contributed by atoms with van der Waals surface area (Å²) in [5, 5.41) is 0. The van der Waals surface area contributed by atoms with Gasteiger partial charge in [0, 0.05) is 0 Å². The molecule has 0 aromatic carbocycles. The maximum absolute atomic E-state index is 8.34. The molecule has 4 heteroatoms. The molecule has 0 aromatic rings. The third-order valence-electron chi connectivity index (χ3n) is 0. The summed E-state index contributed by atoms with van der Waals surface area (Å²) in [6.07, 6.45) is 0. The van der Waals surface area contributed by atoms with Crippen molar-refractivity contribution in [1.29, 1.82) is 0 Å². The van der Waals surface area contributed by atoms with Crippen LogP contribution in [0.4, 0.5) is 0 Å². The van der Waals surface area contributed by atoms with Crippen molar-refractivity contribution in [2.45, 2.75) is 0 Å². The van der Waals surface area contributed by atoms with Gasteiger partial charge in [-0.05, 0) is 0 Å². The van der Waals surface area contributed by atoms with E-state index in [4.69, 9.17) is 6.21 Å². The molecule has 0 amide bonds. The van der Waals surface area contributed by atoms with Crippen LogP contribution in [0.3, 0.4) is 0 Å². The fourth-order valence-electron chi connectivity index (χ4n) is 0. The van der Waals surface area contributed by atoms with Crippen LogP contribution in [0.25, 0.3) is 0 Å². The van der Waals surface area contributed by atoms with Gasteiger partial charge in [0.25, 0.3) is 0 Å². The van der Waals surface area contributed by atoms with Gasteiger partial charge in [-0.2, -0.15) is 0 Å². The minimum atomic E-state index is 0.300. The molecule has 0 unspecified atom stereocenters. The molecular weight excluding hydrogens is 219 g/mol. The van der Waals surface area contributed by atoms with Gasteiger partial charge >= 0.3 is 50.7 Å². The van der Waals surface area contributed by atoms with Gasteiger partial charge in [-0.1, -0.05) is 0 Å². The SMILES string of the molecule is [O]=[Mo].[O]=[Zr]. The summed E-state index contributed by atoms with van der Waals surface area (Å²) >= 11 is 1.00. The molecule has 0 spiro atoms. The molecule has 0 radical (unpaired) electrons. The van der Waals surface area contributed by atoms with Gasteiger partial charge in [0.2, 0.25) is 0 Å². The first kappa shape index (κ1) is 8.95. The van der Waals surface area contributed by atoms with Crippen LogP contribution < -0.4 is 0 Å². The first-order valence-electron chi connectivity index (χ1n) is 0.371. The Balaban J connectivity index is 0. The molecule has 0 saturated carbocycles. The fraction of sp³-hybridized carbons (Fsp3) is 0. The normalized spacial score (nSPS) is 1.75. The van der Waals surface area contributed by atoms with E-state index in [0.717, 1.165) is 0 Å². The third kappa shape index (κ3) is 10.9. The molecule has 0 rings (SSSR count). The van der Waals surface area contributed by atoms with E-state index in [2.05, 4.69) is 0 Å². The Morgan fingerprint density at radius 2 is 1.25 bits per heavy atom. The molecule has 2 nitrogen and oxygen atoms in total. The van der Waals surface area contributed by atoms with Gasteiger partial charge in [-0.25, -0.2) is 0 Å². The van der Waals surface area contributed by atoms with Crippen molar-refractivity contribution in [1.82, 2.24) is 0 Å². The zero-order valence-electron chi connectivity index (χ0n) is 1.72. The molecule has 0 aliphatic rings. The van der Waals surface area contributed by atoms with E-state index >= 15 is 0 Å². The molecule has 0 saturated heterocycles. The second-order valence-corrected chi connectivity index (χ2v) is 0. The maximum atomic E-state index is 8.34. The van der Waals surface area contributed by atoms with Crippen molar-refractivity contribution < 1.29 is 50.7 Å². The molecular formula is MoO2Zr. The Labute approximate surface area is 50.5 Å². The van der Waals surface area contributed by atoms with E-state index in [9.17, 15) is 0 Å². The van der Waals surface area contributed by atoms with E-state index in [1.165, 1.54) is 0 Å². The van der Waals surface area contributed by atoms with Crippen molar-refractivity contribution in [3.05, 3.63) is 0 Å². The van der Waals surface area contributed by atoms with Crippen LogP contribution in [0.1, 0.15) is 0 Å². The Morgan fingerprint density at radius 1 is 1.25 bits per heavy atom. The summed E-state index contributed by atoms with van der Waals surface area (Å²) in [5.41, 5.74) is 0. The second-order valence-electron chi connectivity index (χ2n) is 0. The third-order valence-corrected chi connectivity index (χ3v) is 0. The molecule has 0 aliphatic heterocycles. The molecule has 22 valence electrons. The van der Waals surface area contributed by atoms with Crippen molar-refractivity contribution in [3.8, 4) is 0 Å². The standard InChI is InChI=1S/Mo.2O.Zr. The molecule has 0 atom stereocenters. The summed E-state index contributed by atoms with van der Waals surface area (Å²) in [5.74, 6) is 0. The van der Waals surface area contributed by atoms with Gasteiger partial charge in [-0.15, -0.1) is 0 Å². The van der Waals surface area contributed by atoms with E-state index in [1.54, 1.807) is 0 Å². The van der Waals surface area contributed by atoms with Crippen LogP contribution in [0.5, 0.6) is 0 Å². The predicted molar refractivity (Wildman–Crippen MR) is 1.37 cm³/mol. The average Bonchev–Trinajstić information content (AvgIpc) is 1.50. The first-order valence-corrected chi connectivity index (χ1v) is 2.19. The van der Waals surface area contributed by atoms with Crippen molar-refractivity contribution in [2.24, 2.45) is 0 Å². The molecule has 0 N–H and O–H groups in total. The number of rotatable bonds is 0. The van der Waals surface area contributed by atoms with Crippen molar-refractivity contribution in [2.75, 3.05) is 0 Å². The van der Waals surface area contributed by atoms with Crippen LogP contribution in [-0.2, 0) is 50.7 Å². The van der Waals surface area contributed by atoms with Gasteiger partial charge < -0.3 is 0 Å². The van der Waals surface area contributed by atoms with E-state index in [-0.39, 0.29) is 0 Å². The number of hydrogen-bond donors (Lipinski definition) is 0. The van der Waals surface area contributed by atoms with Crippen LogP contribution in [-0.4, -0.2) is 0 Å². The van der Waals surface area contributed by atoms with Crippen molar-refractivity contribution in [3.63, 3.8) is 0 Å². The monoisotopic (exact) mass is 220 g/mol. The molecule has 4 heavy (non-hydrogen) atoms. The molecule has 0 aliphatic carbocycles. The average molecular weight is 219 g/mol. The van der Waals surface area contributed by atoms with E-state index < -0.39 is 0 Å². The van der Waals surface area contributed by atoms with Gasteiger partial charge in [0.15, 0.2) is 0 Å². The Morgan fingerprint density at radius 3 is 1.25 bits per heavy atom. The summed E-state index contributed by atoms with van der Waals surface area (Å²) < 4.78 is 16.6. The van der Waals surface area contributed by atoms with E-state index in [0.29, 0.717) is 44.5 Å². The topological polar surface area (TPSA) is 34.1 Å². The Kier molecular flexibility index (Phi) is 68.4. The van der Waals surface area contributed by atoms with Crippen LogP contribution in [0, 0.1) is 0 Å². The minimum absolute atomic E-state index is 0.300. The molecule has 0 fully saturated rings. The zero-order valence-corrected chi connectivity index (χ0v) is 6.19. The summed E-state index contributed by atoms with van der Waals surface area (Å²) in [6, 6.07) is 0. The van der Waals surface area contributed by atoms with Gasteiger partial charge in [0.05, 0.1) is 0 Å². The summed E-state index contributed by atoms with van der Waals surface area (Å²) in [6.45, 7) is 0. The first-order chi connectivity index (χ1) is 2.00. The zero-order chi connectivity index (χ0) is 4.00. The van der Waals surface area contributed by atoms with Crippen LogP contribution >= 0.6 is 0 Å².